The molecule has 0 atom stereocenters. The smallest absolute Gasteiger partial charge is 0.230 e. The lowest BCUT2D eigenvalue weighted by Crippen LogP contribution is -2.27. The molecule has 2 aromatic rings. The number of aromatic nitrogens is 3. The van der Waals surface area contributed by atoms with E-state index < -0.39 is 0 Å². The molecule has 6 nitrogen and oxygen atoms in total. The molecule has 1 aromatic carbocycles. The van der Waals surface area contributed by atoms with Gasteiger partial charge in [-0.05, 0) is 30.2 Å². The van der Waals surface area contributed by atoms with Crippen molar-refractivity contribution in [3.05, 3.63) is 29.8 Å². The molecule has 1 aromatic heterocycles. The summed E-state index contributed by atoms with van der Waals surface area (Å²) in [5.41, 5.74) is 2.51. The third kappa shape index (κ3) is 5.85. The van der Waals surface area contributed by atoms with Gasteiger partial charge < -0.3 is 10.1 Å². The van der Waals surface area contributed by atoms with Crippen molar-refractivity contribution in [1.29, 1.82) is 0 Å². The van der Waals surface area contributed by atoms with Crippen LogP contribution in [0, 0.1) is 0 Å². The van der Waals surface area contributed by atoms with Gasteiger partial charge in [0.1, 0.15) is 0 Å². The fourth-order valence-electron chi connectivity index (χ4n) is 3.81. The third-order valence-electron chi connectivity index (χ3n) is 5.54. The number of hydrogen-bond donors (Lipinski definition) is 1. The zero-order chi connectivity index (χ0) is 21.6. The Balaban J connectivity index is 1.75. The highest BCUT2D eigenvalue weighted by Gasteiger charge is 2.25. The van der Waals surface area contributed by atoms with E-state index in [0.29, 0.717) is 24.9 Å². The molecule has 164 valence electrons. The number of thioether (sulfide) groups is 1. The molecule has 0 spiro atoms. The highest BCUT2D eigenvalue weighted by Crippen LogP contribution is 2.37. The van der Waals surface area contributed by atoms with Gasteiger partial charge in [0.15, 0.2) is 11.0 Å². The second-order valence-electron chi connectivity index (χ2n) is 8.93. The number of nitrogens with one attached hydrogen (secondary N) is 1. The normalized spacial score (nSPS) is 14.9. The molecule has 1 amide bonds. The van der Waals surface area contributed by atoms with Crippen LogP contribution in [0.25, 0.3) is 11.4 Å². The standard InChI is InChI=1S/C23H34N4O2S/c1-23(2,3)18-12-10-17(11-13-18)21-25-26-22(27(21)19-8-5-6-9-19)30-16-20(28)24-14-7-15-29-4/h10-13,19H,5-9,14-16H2,1-4H3,(H,24,28). The zero-order valence-corrected chi connectivity index (χ0v) is 19.4. The van der Waals surface area contributed by atoms with Gasteiger partial charge >= 0.3 is 0 Å². The molecule has 1 heterocycles. The minimum absolute atomic E-state index is 0.0214. The molecule has 1 aliphatic carbocycles. The Morgan fingerprint density at radius 3 is 2.53 bits per heavy atom. The SMILES string of the molecule is COCCCNC(=O)CSc1nnc(-c2ccc(C(C)(C)C)cc2)n1C1CCCC1. The van der Waals surface area contributed by atoms with Crippen molar-refractivity contribution in [3.8, 4) is 11.4 Å². The molecule has 0 aliphatic heterocycles. The summed E-state index contributed by atoms with van der Waals surface area (Å²) in [6, 6.07) is 9.07. The van der Waals surface area contributed by atoms with E-state index in [0.717, 1.165) is 35.8 Å². The Kier molecular flexibility index (Phi) is 7.94. The van der Waals surface area contributed by atoms with E-state index >= 15 is 0 Å². The Bertz CT molecular complexity index is 821. The molecular weight excluding hydrogens is 396 g/mol. The third-order valence-corrected chi connectivity index (χ3v) is 6.49. The average Bonchev–Trinajstić information content (AvgIpc) is 3.38. The Labute approximate surface area is 184 Å². The Morgan fingerprint density at radius 2 is 1.90 bits per heavy atom. The summed E-state index contributed by atoms with van der Waals surface area (Å²) in [6.45, 7) is 7.95. The molecule has 1 N–H and O–H groups in total. The Morgan fingerprint density at radius 1 is 1.20 bits per heavy atom. The molecule has 1 saturated carbocycles. The van der Waals surface area contributed by atoms with Crippen LogP contribution in [0.5, 0.6) is 0 Å². The minimum Gasteiger partial charge on any atom is -0.385 e. The van der Waals surface area contributed by atoms with Gasteiger partial charge in [0.05, 0.1) is 5.75 Å². The minimum atomic E-state index is 0.0214. The maximum Gasteiger partial charge on any atom is 0.230 e. The zero-order valence-electron chi connectivity index (χ0n) is 18.6. The number of carbonyl (C=O) groups excluding carboxylic acids is 1. The summed E-state index contributed by atoms with van der Waals surface area (Å²) in [5, 5.41) is 12.8. The van der Waals surface area contributed by atoms with Crippen LogP contribution in [0.1, 0.15) is 64.5 Å². The van der Waals surface area contributed by atoms with Gasteiger partial charge in [-0.3, -0.25) is 9.36 Å². The molecule has 1 aliphatic rings. The monoisotopic (exact) mass is 430 g/mol. The van der Waals surface area contributed by atoms with Crippen LogP contribution in [0.4, 0.5) is 0 Å². The molecule has 0 radical (unpaired) electrons. The molecular formula is C23H34N4O2S. The summed E-state index contributed by atoms with van der Waals surface area (Å²) in [7, 11) is 1.67. The van der Waals surface area contributed by atoms with Crippen molar-refractivity contribution < 1.29 is 9.53 Å². The number of hydrogen-bond acceptors (Lipinski definition) is 5. The lowest BCUT2D eigenvalue weighted by molar-refractivity contribution is -0.118. The van der Waals surface area contributed by atoms with E-state index in [4.69, 9.17) is 4.74 Å². The van der Waals surface area contributed by atoms with Crippen LogP contribution < -0.4 is 5.32 Å². The maximum absolute atomic E-state index is 12.2. The van der Waals surface area contributed by atoms with Gasteiger partial charge in [-0.2, -0.15) is 0 Å². The molecule has 30 heavy (non-hydrogen) atoms. The van der Waals surface area contributed by atoms with E-state index in [1.165, 1.54) is 30.2 Å². The van der Waals surface area contributed by atoms with Crippen molar-refractivity contribution in [2.75, 3.05) is 26.0 Å². The van der Waals surface area contributed by atoms with Crippen LogP contribution >= 0.6 is 11.8 Å². The van der Waals surface area contributed by atoms with Crippen molar-refractivity contribution in [2.45, 2.75) is 69.5 Å². The fourth-order valence-corrected chi connectivity index (χ4v) is 4.64. The first-order valence-corrected chi connectivity index (χ1v) is 11.8. The van der Waals surface area contributed by atoms with Crippen molar-refractivity contribution in [1.82, 2.24) is 20.1 Å². The quantitative estimate of drug-likeness (QED) is 0.465. The second-order valence-corrected chi connectivity index (χ2v) is 9.87. The van der Waals surface area contributed by atoms with Gasteiger partial charge in [-0.25, -0.2) is 0 Å². The maximum atomic E-state index is 12.2. The topological polar surface area (TPSA) is 69.0 Å². The van der Waals surface area contributed by atoms with Gasteiger partial charge in [-0.1, -0.05) is 69.6 Å². The van der Waals surface area contributed by atoms with Crippen molar-refractivity contribution >= 4 is 17.7 Å². The van der Waals surface area contributed by atoms with Crippen LogP contribution in [-0.4, -0.2) is 46.7 Å². The van der Waals surface area contributed by atoms with E-state index in [1.807, 2.05) is 0 Å². The second kappa shape index (κ2) is 10.4. The predicted octanol–water partition coefficient (Wildman–Crippen LogP) is 4.60. The number of methoxy groups -OCH3 is 1. The number of benzene rings is 1. The molecule has 7 heteroatoms. The van der Waals surface area contributed by atoms with Gasteiger partial charge in [0.25, 0.3) is 0 Å². The molecule has 3 rings (SSSR count). The van der Waals surface area contributed by atoms with Crippen molar-refractivity contribution in [3.63, 3.8) is 0 Å². The summed E-state index contributed by atoms with van der Waals surface area (Å²) in [5.74, 6) is 1.28. The summed E-state index contributed by atoms with van der Waals surface area (Å²) < 4.78 is 7.28. The molecule has 0 unspecified atom stereocenters. The largest absolute Gasteiger partial charge is 0.385 e. The average molecular weight is 431 g/mol. The van der Waals surface area contributed by atoms with E-state index in [1.54, 1.807) is 7.11 Å². The predicted molar refractivity (Wildman–Crippen MR) is 122 cm³/mol. The number of carbonyl (C=O) groups is 1. The summed E-state index contributed by atoms with van der Waals surface area (Å²) in [4.78, 5) is 12.2. The first kappa shape index (κ1) is 22.8. The van der Waals surface area contributed by atoms with Gasteiger partial charge in [0.2, 0.25) is 5.91 Å². The van der Waals surface area contributed by atoms with Crippen LogP contribution in [-0.2, 0) is 14.9 Å². The van der Waals surface area contributed by atoms with Gasteiger partial charge in [0, 0.05) is 31.9 Å². The molecule has 0 bridgehead atoms. The van der Waals surface area contributed by atoms with E-state index in [2.05, 4.69) is 65.1 Å². The number of nitrogens with zero attached hydrogens (tertiary/aromatic N) is 3. The fraction of sp³-hybridized carbons (Fsp3) is 0.609. The lowest BCUT2D eigenvalue weighted by Gasteiger charge is -2.20. The number of ether oxygens (including phenoxy) is 1. The van der Waals surface area contributed by atoms with Crippen LogP contribution in [0.2, 0.25) is 0 Å². The molecule has 0 saturated heterocycles. The first-order chi connectivity index (χ1) is 14.4. The van der Waals surface area contributed by atoms with Gasteiger partial charge in [-0.15, -0.1) is 10.2 Å². The van der Waals surface area contributed by atoms with E-state index in [9.17, 15) is 4.79 Å². The van der Waals surface area contributed by atoms with Crippen LogP contribution in [0.15, 0.2) is 29.4 Å². The Hall–Kier alpha value is -1.86. The first-order valence-electron chi connectivity index (χ1n) is 10.8. The molecule has 1 fully saturated rings. The number of rotatable bonds is 9. The lowest BCUT2D eigenvalue weighted by atomic mass is 9.86. The number of amides is 1. The van der Waals surface area contributed by atoms with E-state index in [-0.39, 0.29) is 11.3 Å². The highest BCUT2D eigenvalue weighted by molar-refractivity contribution is 7.99. The van der Waals surface area contributed by atoms with Crippen molar-refractivity contribution in [2.24, 2.45) is 0 Å². The summed E-state index contributed by atoms with van der Waals surface area (Å²) >= 11 is 1.47. The highest BCUT2D eigenvalue weighted by atomic mass is 32.2. The van der Waals surface area contributed by atoms with Crippen LogP contribution in [0.3, 0.4) is 0 Å². The summed E-state index contributed by atoms with van der Waals surface area (Å²) in [6.07, 6.45) is 5.56.